The number of thioether (sulfide) groups is 1. The number of aromatic amines is 1. The van der Waals surface area contributed by atoms with Gasteiger partial charge in [0, 0.05) is 44.7 Å². The van der Waals surface area contributed by atoms with Gasteiger partial charge in [-0.1, -0.05) is 66.4 Å². The molecule has 1 amide bonds. The molecule has 4 heterocycles. The van der Waals surface area contributed by atoms with Crippen molar-refractivity contribution in [2.24, 2.45) is 0 Å². The molecule has 0 spiro atoms. The molecule has 3 aliphatic heterocycles. The van der Waals surface area contributed by atoms with Gasteiger partial charge >= 0.3 is 0 Å². The Bertz CT molecular complexity index is 1400. The Morgan fingerprint density at radius 3 is 2.58 bits per heavy atom. The second kappa shape index (κ2) is 6.28. The maximum atomic E-state index is 13.4. The summed E-state index contributed by atoms with van der Waals surface area (Å²) in [6.45, 7) is 0. The smallest absolute Gasteiger partial charge is 0.269 e. The van der Waals surface area contributed by atoms with E-state index in [9.17, 15) is 4.79 Å². The maximum Gasteiger partial charge on any atom is 0.269 e. The van der Waals surface area contributed by atoms with E-state index in [2.05, 4.69) is 75.9 Å². The fourth-order valence-electron chi connectivity index (χ4n) is 5.31. The van der Waals surface area contributed by atoms with Crippen molar-refractivity contribution < 1.29 is 4.79 Å². The van der Waals surface area contributed by atoms with E-state index in [0.29, 0.717) is 0 Å². The van der Waals surface area contributed by atoms with E-state index in [0.717, 1.165) is 33.8 Å². The highest BCUT2D eigenvalue weighted by Gasteiger charge is 2.48. The van der Waals surface area contributed by atoms with Gasteiger partial charge in [0.15, 0.2) is 0 Å². The molecule has 7 rings (SSSR count). The number of hydrogen-bond donors (Lipinski definition) is 2. The standard InChI is InChI=1S/C26H19N3OS/c30-25-24-22(26(28-25)31-16-9-2-1-3-10-16)21-17-11-5-6-12-18(17)27-23(21)20-14-15-8-4-7-13-19(15)29(20)24/h1-13,20,26-27H,14H2,(H,28,30). The number of rotatable bonds is 2. The van der Waals surface area contributed by atoms with E-state index >= 15 is 0 Å². The molecule has 3 aliphatic rings. The van der Waals surface area contributed by atoms with Gasteiger partial charge in [-0.05, 0) is 29.8 Å². The fourth-order valence-corrected chi connectivity index (χ4v) is 6.41. The highest BCUT2D eigenvalue weighted by Crippen LogP contribution is 2.54. The first kappa shape index (κ1) is 17.3. The zero-order valence-electron chi connectivity index (χ0n) is 16.6. The number of anilines is 1. The number of para-hydroxylation sites is 2. The lowest BCUT2D eigenvalue weighted by molar-refractivity contribution is -0.116. The van der Waals surface area contributed by atoms with E-state index < -0.39 is 0 Å². The monoisotopic (exact) mass is 421 g/mol. The van der Waals surface area contributed by atoms with Crippen LogP contribution >= 0.6 is 11.8 Å². The summed E-state index contributed by atoms with van der Waals surface area (Å²) in [5.41, 5.74) is 7.88. The van der Waals surface area contributed by atoms with E-state index in [-0.39, 0.29) is 17.3 Å². The molecular formula is C26H19N3OS. The third-order valence-electron chi connectivity index (χ3n) is 6.55. The number of carbonyl (C=O) groups is 1. The predicted octanol–water partition coefficient (Wildman–Crippen LogP) is 5.24. The molecule has 0 radical (unpaired) electrons. The number of benzene rings is 3. The van der Waals surface area contributed by atoms with Gasteiger partial charge in [-0.3, -0.25) is 4.79 Å². The third kappa shape index (κ3) is 2.35. The molecule has 2 atom stereocenters. The van der Waals surface area contributed by atoms with Crippen LogP contribution in [0.1, 0.15) is 22.9 Å². The van der Waals surface area contributed by atoms with E-state index in [1.165, 1.54) is 22.2 Å². The highest BCUT2D eigenvalue weighted by molar-refractivity contribution is 8.00. The summed E-state index contributed by atoms with van der Waals surface area (Å²) >= 11 is 1.70. The molecule has 0 saturated carbocycles. The summed E-state index contributed by atoms with van der Waals surface area (Å²) in [5.74, 6) is 0.0149. The van der Waals surface area contributed by atoms with Gasteiger partial charge in [0.2, 0.25) is 0 Å². The summed E-state index contributed by atoms with van der Waals surface area (Å²) in [6, 6.07) is 27.3. The molecule has 4 nitrogen and oxygen atoms in total. The normalized spacial score (nSPS) is 21.0. The topological polar surface area (TPSA) is 48.1 Å². The van der Waals surface area contributed by atoms with Crippen molar-refractivity contribution in [3.05, 3.63) is 101 Å². The molecule has 0 bridgehead atoms. The lowest BCUT2D eigenvalue weighted by Crippen LogP contribution is -2.33. The minimum Gasteiger partial charge on any atom is -0.356 e. The van der Waals surface area contributed by atoms with Gasteiger partial charge in [0.1, 0.15) is 11.1 Å². The van der Waals surface area contributed by atoms with Gasteiger partial charge < -0.3 is 15.2 Å². The van der Waals surface area contributed by atoms with Crippen molar-refractivity contribution in [2.75, 3.05) is 4.90 Å². The lowest BCUT2D eigenvalue weighted by atomic mass is 9.92. The Labute approximate surface area is 184 Å². The molecule has 4 aromatic rings. The predicted molar refractivity (Wildman–Crippen MR) is 125 cm³/mol. The lowest BCUT2D eigenvalue weighted by Gasteiger charge is -2.33. The summed E-state index contributed by atoms with van der Waals surface area (Å²) in [4.78, 5) is 20.5. The number of carbonyl (C=O) groups excluding carboxylic acids is 1. The van der Waals surface area contributed by atoms with Crippen LogP contribution in [0.4, 0.5) is 5.69 Å². The Morgan fingerprint density at radius 2 is 1.68 bits per heavy atom. The molecule has 0 aliphatic carbocycles. The van der Waals surface area contributed by atoms with Crippen LogP contribution in [0.25, 0.3) is 16.5 Å². The SMILES string of the molecule is O=C1NC(Sc2ccccc2)C2=C1N1c3ccccc3CC1c1[nH]c3ccccc3c12. The molecule has 0 fully saturated rings. The number of aromatic nitrogens is 1. The number of nitrogens with one attached hydrogen (secondary N) is 2. The fraction of sp³-hybridized carbons (Fsp3) is 0.115. The van der Waals surface area contributed by atoms with Crippen LogP contribution in [-0.4, -0.2) is 16.3 Å². The molecule has 3 aromatic carbocycles. The first-order valence-electron chi connectivity index (χ1n) is 10.5. The number of fused-ring (bicyclic) bond motifs is 9. The first-order chi connectivity index (χ1) is 15.3. The van der Waals surface area contributed by atoms with Gasteiger partial charge in [-0.15, -0.1) is 0 Å². The molecule has 150 valence electrons. The number of nitrogens with zero attached hydrogens (tertiary/aromatic N) is 1. The van der Waals surface area contributed by atoms with Gasteiger partial charge in [-0.25, -0.2) is 0 Å². The number of H-pyrrole nitrogens is 1. The number of hydrogen-bond acceptors (Lipinski definition) is 3. The maximum absolute atomic E-state index is 13.4. The summed E-state index contributed by atoms with van der Waals surface area (Å²) < 4.78 is 0. The molecule has 2 unspecified atom stereocenters. The van der Waals surface area contributed by atoms with Crippen LogP contribution in [0.5, 0.6) is 0 Å². The molecule has 2 N–H and O–H groups in total. The average Bonchev–Trinajstić information content (AvgIpc) is 3.46. The van der Waals surface area contributed by atoms with Crippen LogP contribution in [0.2, 0.25) is 0 Å². The number of amides is 1. The molecular weight excluding hydrogens is 402 g/mol. The van der Waals surface area contributed by atoms with Crippen LogP contribution in [-0.2, 0) is 11.2 Å². The molecule has 0 saturated heterocycles. The quantitative estimate of drug-likeness (QED) is 0.465. The van der Waals surface area contributed by atoms with Crippen molar-refractivity contribution >= 4 is 39.8 Å². The minimum absolute atomic E-state index is 0.0149. The Morgan fingerprint density at radius 1 is 0.903 bits per heavy atom. The van der Waals surface area contributed by atoms with E-state index in [1.807, 2.05) is 18.2 Å². The van der Waals surface area contributed by atoms with Crippen molar-refractivity contribution in [3.8, 4) is 0 Å². The zero-order chi connectivity index (χ0) is 20.5. The van der Waals surface area contributed by atoms with E-state index in [1.54, 1.807) is 11.8 Å². The van der Waals surface area contributed by atoms with Crippen molar-refractivity contribution in [2.45, 2.75) is 22.7 Å². The minimum atomic E-state index is -0.128. The van der Waals surface area contributed by atoms with E-state index in [4.69, 9.17) is 0 Å². The summed E-state index contributed by atoms with van der Waals surface area (Å²) in [7, 11) is 0. The first-order valence-corrected chi connectivity index (χ1v) is 11.4. The van der Waals surface area contributed by atoms with Crippen molar-refractivity contribution in [3.63, 3.8) is 0 Å². The average molecular weight is 422 g/mol. The van der Waals surface area contributed by atoms with Gasteiger partial charge in [0.25, 0.3) is 5.91 Å². The Balaban J connectivity index is 1.49. The van der Waals surface area contributed by atoms with Crippen LogP contribution in [0.3, 0.4) is 0 Å². The molecule has 5 heteroatoms. The summed E-state index contributed by atoms with van der Waals surface area (Å²) in [6.07, 6.45) is 0.899. The molecule has 1 aromatic heterocycles. The molecule has 31 heavy (non-hydrogen) atoms. The van der Waals surface area contributed by atoms with Crippen LogP contribution in [0.15, 0.2) is 89.5 Å². The summed E-state index contributed by atoms with van der Waals surface area (Å²) in [5, 5.41) is 4.34. The van der Waals surface area contributed by atoms with Crippen molar-refractivity contribution in [1.82, 2.24) is 10.3 Å². The second-order valence-electron chi connectivity index (χ2n) is 8.22. The van der Waals surface area contributed by atoms with Gasteiger partial charge in [0.05, 0.1) is 6.04 Å². The highest BCUT2D eigenvalue weighted by atomic mass is 32.2. The van der Waals surface area contributed by atoms with Crippen LogP contribution in [0, 0.1) is 0 Å². The zero-order valence-corrected chi connectivity index (χ0v) is 17.4. The Hall–Kier alpha value is -3.44. The largest absolute Gasteiger partial charge is 0.356 e. The van der Waals surface area contributed by atoms with Crippen LogP contribution < -0.4 is 10.2 Å². The van der Waals surface area contributed by atoms with Crippen molar-refractivity contribution in [1.29, 1.82) is 0 Å². The Kier molecular flexibility index (Phi) is 3.50. The third-order valence-corrected chi connectivity index (χ3v) is 7.68. The van der Waals surface area contributed by atoms with Gasteiger partial charge in [-0.2, -0.15) is 0 Å². The second-order valence-corrected chi connectivity index (χ2v) is 9.40.